The van der Waals surface area contributed by atoms with Gasteiger partial charge in [0.15, 0.2) is 0 Å². The Morgan fingerprint density at radius 2 is 1.50 bits per heavy atom. The predicted molar refractivity (Wildman–Crippen MR) is 150 cm³/mol. The average Bonchev–Trinajstić information content (AvgIpc) is 3.40. The van der Waals surface area contributed by atoms with E-state index in [9.17, 15) is 18.0 Å². The molecule has 2 aromatic heterocycles. The molecule has 0 fully saturated rings. The van der Waals surface area contributed by atoms with Crippen LogP contribution in [0.3, 0.4) is 0 Å². The summed E-state index contributed by atoms with van der Waals surface area (Å²) in [4.78, 5) is 27.9. The molecule has 0 saturated heterocycles. The first-order valence-electron chi connectivity index (χ1n) is 11.8. The van der Waals surface area contributed by atoms with Gasteiger partial charge in [-0.1, -0.05) is 35.3 Å². The van der Waals surface area contributed by atoms with Crippen molar-refractivity contribution < 1.29 is 22.4 Å². The topological polar surface area (TPSA) is 134 Å². The molecule has 206 valence electrons. The molecule has 0 aliphatic rings. The van der Waals surface area contributed by atoms with Crippen LogP contribution in [0.5, 0.6) is 0 Å². The van der Waals surface area contributed by atoms with Gasteiger partial charge in [0.2, 0.25) is 10.0 Å². The second kappa shape index (κ2) is 13.4. The van der Waals surface area contributed by atoms with E-state index in [4.69, 9.17) is 27.6 Å². The number of halogens is 2. The van der Waals surface area contributed by atoms with E-state index in [1.165, 1.54) is 34.8 Å². The number of hydrogen-bond acceptors (Lipinski definition) is 7. The molecule has 0 bridgehead atoms. The quantitative estimate of drug-likeness (QED) is 0.160. The van der Waals surface area contributed by atoms with Crippen LogP contribution in [0, 0.1) is 0 Å². The molecule has 0 spiro atoms. The lowest BCUT2D eigenvalue weighted by molar-refractivity contribution is -0.139. The number of carbonyl (C=O) groups is 2. The number of hydrazone groups is 1. The van der Waals surface area contributed by atoms with Crippen molar-refractivity contribution in [1.29, 1.82) is 0 Å². The van der Waals surface area contributed by atoms with Crippen molar-refractivity contribution in [2.45, 2.75) is 24.5 Å². The third kappa shape index (κ3) is 7.99. The van der Waals surface area contributed by atoms with E-state index in [1.807, 2.05) is 0 Å². The molecule has 2 amide bonds. The van der Waals surface area contributed by atoms with E-state index in [0.29, 0.717) is 15.8 Å². The van der Waals surface area contributed by atoms with Gasteiger partial charge < -0.3 is 9.73 Å². The van der Waals surface area contributed by atoms with Crippen molar-refractivity contribution in [2.24, 2.45) is 5.10 Å². The van der Waals surface area contributed by atoms with E-state index < -0.39 is 21.8 Å². The molecule has 0 atom stereocenters. The van der Waals surface area contributed by atoms with Crippen molar-refractivity contribution in [2.75, 3.05) is 0 Å². The summed E-state index contributed by atoms with van der Waals surface area (Å²) in [7, 11) is -3.94. The van der Waals surface area contributed by atoms with Gasteiger partial charge in [-0.2, -0.15) is 9.41 Å². The highest BCUT2D eigenvalue weighted by molar-refractivity contribution is 7.89. The van der Waals surface area contributed by atoms with E-state index in [2.05, 4.69) is 20.8 Å². The van der Waals surface area contributed by atoms with Crippen molar-refractivity contribution in [3.63, 3.8) is 0 Å². The van der Waals surface area contributed by atoms with E-state index in [1.54, 1.807) is 60.9 Å². The van der Waals surface area contributed by atoms with Crippen LogP contribution in [0.15, 0.2) is 99.6 Å². The van der Waals surface area contributed by atoms with Gasteiger partial charge in [-0.25, -0.2) is 13.8 Å². The number of rotatable bonds is 10. The molecule has 10 nitrogen and oxygen atoms in total. The van der Waals surface area contributed by atoms with Crippen molar-refractivity contribution in [3.05, 3.63) is 118 Å². The minimum atomic E-state index is -3.94. The number of nitrogens with one attached hydrogen (secondary N) is 2. The molecule has 2 N–H and O–H groups in total. The summed E-state index contributed by atoms with van der Waals surface area (Å²) in [6, 6.07) is 19.3. The highest BCUT2D eigenvalue weighted by Gasteiger charge is 2.26. The third-order valence-electron chi connectivity index (χ3n) is 5.50. The van der Waals surface area contributed by atoms with Gasteiger partial charge in [0.05, 0.1) is 17.7 Å². The summed E-state index contributed by atoms with van der Waals surface area (Å²) in [6.07, 6.45) is 4.36. The van der Waals surface area contributed by atoms with Crippen molar-refractivity contribution >= 4 is 51.3 Å². The molecule has 0 radical (unpaired) electrons. The van der Waals surface area contributed by atoms with Crippen LogP contribution in [0.4, 0.5) is 0 Å². The Balaban J connectivity index is 1.41. The number of pyridine rings is 1. The molecule has 4 aromatic rings. The molecule has 0 aliphatic heterocycles. The Bertz CT molecular complexity index is 1590. The smallest absolute Gasteiger partial charge is 0.329 e. The average molecular weight is 600 g/mol. The fraction of sp³-hybridized carbons (Fsp3) is 0.111. The molecule has 0 aliphatic carbocycles. The molecule has 2 heterocycles. The van der Waals surface area contributed by atoms with Crippen LogP contribution in [0.1, 0.15) is 22.6 Å². The normalized spacial score (nSPS) is 11.6. The molecule has 2 aromatic carbocycles. The van der Waals surface area contributed by atoms with Crippen molar-refractivity contribution in [1.82, 2.24) is 20.0 Å². The van der Waals surface area contributed by atoms with Crippen LogP contribution < -0.4 is 10.7 Å². The maximum atomic E-state index is 13.5. The Morgan fingerprint density at radius 1 is 0.850 bits per heavy atom. The van der Waals surface area contributed by atoms with Gasteiger partial charge in [0.25, 0.3) is 0 Å². The van der Waals surface area contributed by atoms with E-state index in [-0.39, 0.29) is 30.3 Å². The van der Waals surface area contributed by atoms with Crippen LogP contribution in [0.2, 0.25) is 10.0 Å². The first-order valence-corrected chi connectivity index (χ1v) is 14.0. The second-order valence-corrected chi connectivity index (χ2v) is 11.2. The highest BCUT2D eigenvalue weighted by Crippen LogP contribution is 2.24. The Morgan fingerprint density at radius 3 is 2.17 bits per heavy atom. The molecule has 0 saturated carbocycles. The number of carbonyl (C=O) groups excluding carboxylic acids is 2. The second-order valence-electron chi connectivity index (χ2n) is 8.39. The largest absolute Gasteiger partial charge is 0.459 e. The molecular formula is C27H23Cl2N5O5S. The van der Waals surface area contributed by atoms with E-state index in [0.717, 1.165) is 11.1 Å². The summed E-state index contributed by atoms with van der Waals surface area (Å²) in [6.45, 7) is 0.119. The van der Waals surface area contributed by atoms with Gasteiger partial charge in [0.1, 0.15) is 11.5 Å². The maximum Gasteiger partial charge on any atom is 0.329 e. The first-order chi connectivity index (χ1) is 19.2. The zero-order valence-corrected chi connectivity index (χ0v) is 23.2. The monoisotopic (exact) mass is 599 g/mol. The maximum absolute atomic E-state index is 13.5. The first kappa shape index (κ1) is 29.0. The SMILES string of the molecule is O=C(NCc1ccncc1)C(=O)N/N=C/c1ccc(CN(Cc2ccc(Cl)cc2)S(=O)(=O)c2ccc(Cl)cc2)o1. The third-order valence-corrected chi connectivity index (χ3v) is 7.81. The number of nitrogens with zero attached hydrogens (tertiary/aromatic N) is 3. The van der Waals surface area contributed by atoms with Crippen LogP contribution >= 0.6 is 23.2 Å². The molecule has 4 rings (SSSR count). The molecular weight excluding hydrogens is 577 g/mol. The van der Waals surface area contributed by atoms with Crippen LogP contribution in [-0.4, -0.2) is 35.7 Å². The lowest BCUT2D eigenvalue weighted by Crippen LogP contribution is -2.37. The van der Waals surface area contributed by atoms with Gasteiger partial charge in [-0.3, -0.25) is 14.6 Å². The van der Waals surface area contributed by atoms with Gasteiger partial charge in [-0.15, -0.1) is 0 Å². The summed E-state index contributed by atoms with van der Waals surface area (Å²) in [5, 5.41) is 7.16. The number of amides is 2. The summed E-state index contributed by atoms with van der Waals surface area (Å²) < 4.78 is 33.9. The minimum absolute atomic E-state index is 0.0525. The predicted octanol–water partition coefficient (Wildman–Crippen LogP) is 4.14. The number of benzene rings is 2. The summed E-state index contributed by atoms with van der Waals surface area (Å²) >= 11 is 11.9. The molecule has 13 heteroatoms. The molecule has 0 unspecified atom stereocenters. The van der Waals surface area contributed by atoms with Crippen LogP contribution in [0.25, 0.3) is 0 Å². The fourth-order valence-corrected chi connectivity index (χ4v) is 5.11. The number of aromatic nitrogens is 1. The number of hydrogen-bond donors (Lipinski definition) is 2. The summed E-state index contributed by atoms with van der Waals surface area (Å²) in [5.41, 5.74) is 3.63. The summed E-state index contributed by atoms with van der Waals surface area (Å²) in [5.74, 6) is -1.25. The van der Waals surface area contributed by atoms with Crippen LogP contribution in [-0.2, 0) is 39.2 Å². The van der Waals surface area contributed by atoms with Gasteiger partial charge in [-0.05, 0) is 71.8 Å². The Kier molecular flexibility index (Phi) is 9.67. The Labute approximate surface area is 240 Å². The minimum Gasteiger partial charge on any atom is -0.459 e. The number of sulfonamides is 1. The lowest BCUT2D eigenvalue weighted by Gasteiger charge is -2.21. The standard InChI is InChI=1S/C27H23Cl2N5O5S/c28-21-3-1-20(2-4-21)17-34(40(37,38)25-9-5-22(29)6-10-25)18-24-8-7-23(39-24)16-32-33-27(36)26(35)31-15-19-11-13-30-14-12-19/h1-14,16H,15,17-18H2,(H,31,35)(H,33,36)/b32-16+. The van der Waals surface area contributed by atoms with Gasteiger partial charge in [0, 0.05) is 35.5 Å². The lowest BCUT2D eigenvalue weighted by atomic mass is 10.2. The Hall–Kier alpha value is -4.03. The fourth-order valence-electron chi connectivity index (χ4n) is 3.47. The zero-order valence-electron chi connectivity index (χ0n) is 20.8. The number of furan rings is 1. The zero-order chi connectivity index (χ0) is 28.5. The highest BCUT2D eigenvalue weighted by atomic mass is 35.5. The molecule has 40 heavy (non-hydrogen) atoms. The van der Waals surface area contributed by atoms with Crippen molar-refractivity contribution in [3.8, 4) is 0 Å². The van der Waals surface area contributed by atoms with E-state index >= 15 is 0 Å². The van der Waals surface area contributed by atoms with Gasteiger partial charge >= 0.3 is 11.8 Å².